The average molecular weight is 549 g/mol. The maximum atomic E-state index is 13.6. The summed E-state index contributed by atoms with van der Waals surface area (Å²) < 4.78 is 53.3. The highest BCUT2D eigenvalue weighted by molar-refractivity contribution is 6.11. The Hall–Kier alpha value is -4.54. The van der Waals surface area contributed by atoms with Crippen molar-refractivity contribution in [1.29, 1.82) is 0 Å². The average Bonchev–Trinajstić information content (AvgIpc) is 3.42. The number of pyridine rings is 1. The van der Waals surface area contributed by atoms with Crippen molar-refractivity contribution in [2.45, 2.75) is 31.2 Å². The Bertz CT molecular complexity index is 1860. The number of carbonyl (C=O) groups is 1. The summed E-state index contributed by atoms with van der Waals surface area (Å²) in [6.07, 6.45) is 0.137. The van der Waals surface area contributed by atoms with Gasteiger partial charge in [0, 0.05) is 18.2 Å². The molecule has 3 saturated carbocycles. The van der Waals surface area contributed by atoms with E-state index in [0.717, 1.165) is 19.3 Å². The number of rotatable bonds is 7. The molecule has 1 amide bonds. The molecule has 5 aromatic rings. The summed E-state index contributed by atoms with van der Waals surface area (Å²) in [6, 6.07) is 12.1. The van der Waals surface area contributed by atoms with Gasteiger partial charge in [-0.25, -0.2) is 13.2 Å². The van der Waals surface area contributed by atoms with Gasteiger partial charge in [-0.1, -0.05) is 6.07 Å². The first-order valence-electron chi connectivity index (χ1n) is 12.9. The van der Waals surface area contributed by atoms with Gasteiger partial charge in [-0.2, -0.15) is 9.72 Å². The lowest BCUT2D eigenvalue weighted by Crippen LogP contribution is -2.61. The molecule has 3 fully saturated rings. The Morgan fingerprint density at radius 2 is 1.82 bits per heavy atom. The van der Waals surface area contributed by atoms with Gasteiger partial charge in [-0.15, -0.1) is 0 Å². The highest BCUT2D eigenvalue weighted by atomic mass is 19.3. The monoisotopic (exact) mass is 548 g/mol. The standard InChI is InChI=1S/C29H23F3N4O4/c1-33-26(37)23-20-9-18(16-4-7-21-19(8-16)28(38)36(40-21)29-10-14(11-29)12-29)25(34-13-22(31)32)35-27(20)39-24(23)15-2-5-17(30)6-3-15/h2-9,14,22H,10-13H2,1H3,(H,33,37)(H,34,35). The lowest BCUT2D eigenvalue weighted by molar-refractivity contribution is -0.134. The smallest absolute Gasteiger partial charge is 0.290 e. The van der Waals surface area contributed by atoms with Gasteiger partial charge in [-0.05, 0) is 73.2 Å². The van der Waals surface area contributed by atoms with Crippen LogP contribution in [0.2, 0.25) is 0 Å². The lowest BCUT2D eigenvalue weighted by Gasteiger charge is -2.60. The molecule has 0 spiro atoms. The molecule has 8 nitrogen and oxygen atoms in total. The number of halogens is 3. The van der Waals surface area contributed by atoms with Crippen LogP contribution in [0.4, 0.5) is 19.0 Å². The van der Waals surface area contributed by atoms with Gasteiger partial charge in [0.05, 0.1) is 28.4 Å². The number of nitrogens with zero attached hydrogens (tertiary/aromatic N) is 2. The van der Waals surface area contributed by atoms with Gasteiger partial charge in [0.15, 0.2) is 5.58 Å². The minimum absolute atomic E-state index is 0.0359. The Balaban J connectivity index is 1.42. The van der Waals surface area contributed by atoms with Crippen LogP contribution in [0.3, 0.4) is 0 Å². The van der Waals surface area contributed by atoms with Crippen LogP contribution in [0.1, 0.15) is 29.6 Å². The van der Waals surface area contributed by atoms with E-state index in [2.05, 4.69) is 15.6 Å². The molecule has 0 radical (unpaired) electrons. The molecule has 40 heavy (non-hydrogen) atoms. The van der Waals surface area contributed by atoms with E-state index in [-0.39, 0.29) is 34.0 Å². The van der Waals surface area contributed by atoms with Crippen LogP contribution in [0.25, 0.3) is 44.5 Å². The molecule has 3 aromatic heterocycles. The first-order valence-corrected chi connectivity index (χ1v) is 12.9. The normalized spacial score (nSPS) is 19.6. The topological polar surface area (TPSA) is 102 Å². The summed E-state index contributed by atoms with van der Waals surface area (Å²) in [5.41, 5.74) is 1.51. The third-order valence-electron chi connectivity index (χ3n) is 8.00. The van der Waals surface area contributed by atoms with E-state index >= 15 is 0 Å². The van der Waals surface area contributed by atoms with Crippen LogP contribution in [0, 0.1) is 11.7 Å². The van der Waals surface area contributed by atoms with Crippen LogP contribution in [-0.4, -0.2) is 35.6 Å². The van der Waals surface area contributed by atoms with Crippen molar-refractivity contribution in [2.75, 3.05) is 18.9 Å². The Kier molecular flexibility index (Phi) is 5.35. The van der Waals surface area contributed by atoms with Crippen LogP contribution >= 0.6 is 0 Å². The van der Waals surface area contributed by atoms with Gasteiger partial charge in [0.1, 0.15) is 17.4 Å². The maximum Gasteiger partial charge on any atom is 0.290 e. The first kappa shape index (κ1) is 24.5. The van der Waals surface area contributed by atoms with Crippen LogP contribution in [0.15, 0.2) is 62.3 Å². The number of hydrogen-bond acceptors (Lipinski definition) is 6. The van der Waals surface area contributed by atoms with E-state index in [1.54, 1.807) is 24.3 Å². The van der Waals surface area contributed by atoms with Gasteiger partial charge in [-0.3, -0.25) is 9.59 Å². The van der Waals surface area contributed by atoms with E-state index in [4.69, 9.17) is 8.94 Å². The third-order valence-corrected chi connectivity index (χ3v) is 8.00. The summed E-state index contributed by atoms with van der Waals surface area (Å²) in [5, 5.41) is 5.94. The molecular formula is C29H23F3N4O4. The van der Waals surface area contributed by atoms with Crippen LogP contribution in [-0.2, 0) is 5.54 Å². The van der Waals surface area contributed by atoms with Crippen LogP contribution < -0.4 is 16.2 Å². The molecule has 0 atom stereocenters. The Labute approximate surface area is 224 Å². The first-order chi connectivity index (χ1) is 19.3. The number of alkyl halides is 2. The number of furan rings is 1. The van der Waals surface area contributed by atoms with Crippen molar-refractivity contribution in [3.05, 3.63) is 70.3 Å². The van der Waals surface area contributed by atoms with Gasteiger partial charge < -0.3 is 19.6 Å². The molecule has 11 heteroatoms. The zero-order valence-corrected chi connectivity index (χ0v) is 21.3. The van der Waals surface area contributed by atoms with Crippen molar-refractivity contribution in [2.24, 2.45) is 5.92 Å². The molecule has 2 aromatic carbocycles. The second-order valence-electron chi connectivity index (χ2n) is 10.5. The van der Waals surface area contributed by atoms with E-state index in [1.807, 2.05) is 0 Å². The van der Waals surface area contributed by atoms with Gasteiger partial charge in [0.2, 0.25) is 5.71 Å². The molecule has 0 unspecified atom stereocenters. The number of anilines is 1. The van der Waals surface area contributed by atoms with E-state index < -0.39 is 24.7 Å². The number of aromatic nitrogens is 2. The fourth-order valence-corrected chi connectivity index (χ4v) is 5.89. The number of hydrogen-bond donors (Lipinski definition) is 2. The summed E-state index contributed by atoms with van der Waals surface area (Å²) in [6.45, 7) is -0.677. The number of amides is 1. The van der Waals surface area contributed by atoms with Crippen molar-refractivity contribution in [3.63, 3.8) is 0 Å². The summed E-state index contributed by atoms with van der Waals surface area (Å²) in [7, 11) is 1.46. The molecule has 3 aliphatic carbocycles. The SMILES string of the molecule is CNC(=O)c1c(-c2ccc(F)cc2)oc2nc(NCC(F)F)c(-c3ccc4on(C56CC(C5)C6)c(=O)c4c3)cc12. The highest BCUT2D eigenvalue weighted by Crippen LogP contribution is 2.62. The Morgan fingerprint density at radius 3 is 2.48 bits per heavy atom. The van der Waals surface area contributed by atoms with E-state index in [9.17, 15) is 22.8 Å². The minimum atomic E-state index is -2.66. The summed E-state index contributed by atoms with van der Waals surface area (Å²) >= 11 is 0. The quantitative estimate of drug-likeness (QED) is 0.268. The number of fused-ring (bicyclic) bond motifs is 2. The van der Waals surface area contributed by atoms with Crippen molar-refractivity contribution >= 4 is 33.8 Å². The molecule has 0 saturated heterocycles. The van der Waals surface area contributed by atoms with Crippen LogP contribution in [0.5, 0.6) is 0 Å². The van der Waals surface area contributed by atoms with E-state index in [0.29, 0.717) is 39.0 Å². The zero-order valence-electron chi connectivity index (χ0n) is 21.3. The summed E-state index contributed by atoms with van der Waals surface area (Å²) in [4.78, 5) is 30.8. The molecule has 0 aliphatic heterocycles. The number of carbonyl (C=O) groups excluding carboxylic acids is 1. The fraction of sp³-hybridized carbons (Fsp3) is 0.276. The maximum absolute atomic E-state index is 13.6. The van der Waals surface area contributed by atoms with Crippen molar-refractivity contribution < 1.29 is 26.9 Å². The predicted octanol–water partition coefficient (Wildman–Crippen LogP) is 5.75. The van der Waals surface area contributed by atoms with Crippen molar-refractivity contribution in [1.82, 2.24) is 15.0 Å². The molecule has 2 N–H and O–H groups in total. The molecule has 8 rings (SSSR count). The highest BCUT2D eigenvalue weighted by Gasteiger charge is 2.60. The molecule has 2 bridgehead atoms. The zero-order chi connectivity index (χ0) is 27.8. The number of benzene rings is 2. The molecule has 3 aliphatic rings. The third kappa shape index (κ3) is 3.64. The molecular weight excluding hydrogens is 525 g/mol. The summed E-state index contributed by atoms with van der Waals surface area (Å²) in [5.74, 6) is -0.0150. The predicted molar refractivity (Wildman–Crippen MR) is 142 cm³/mol. The van der Waals surface area contributed by atoms with Crippen molar-refractivity contribution in [3.8, 4) is 22.5 Å². The Morgan fingerprint density at radius 1 is 1.10 bits per heavy atom. The van der Waals surface area contributed by atoms with E-state index in [1.165, 1.54) is 36.1 Å². The second-order valence-corrected chi connectivity index (χ2v) is 10.5. The van der Waals surface area contributed by atoms with Gasteiger partial charge >= 0.3 is 0 Å². The minimum Gasteiger partial charge on any atom is -0.437 e. The van der Waals surface area contributed by atoms with Gasteiger partial charge in [0.25, 0.3) is 17.9 Å². The number of nitrogens with one attached hydrogen (secondary N) is 2. The second kappa shape index (κ2) is 8.73. The largest absolute Gasteiger partial charge is 0.437 e. The molecule has 3 heterocycles. The fourth-order valence-electron chi connectivity index (χ4n) is 5.89. The molecule has 204 valence electrons. The lowest BCUT2D eigenvalue weighted by atomic mass is 9.50.